The molecule has 0 heterocycles. The highest BCUT2D eigenvalue weighted by atomic mass is 16.5. The van der Waals surface area contributed by atoms with Crippen LogP contribution in [0.15, 0.2) is 43.5 Å². The maximum Gasteiger partial charge on any atom is 0.166 e. The monoisotopic (exact) mass is 245 g/mol. The maximum atomic E-state index is 9.45. The third-order valence-electron chi connectivity index (χ3n) is 2.12. The fourth-order valence-corrected chi connectivity index (χ4v) is 1.30. The van der Waals surface area contributed by atoms with Crippen molar-refractivity contribution in [2.24, 2.45) is 0 Å². The van der Waals surface area contributed by atoms with Gasteiger partial charge in [0.15, 0.2) is 17.6 Å². The van der Waals surface area contributed by atoms with Gasteiger partial charge in [-0.15, -0.1) is 0 Å². The molecule has 18 heavy (non-hydrogen) atoms. The quantitative estimate of drug-likeness (QED) is 0.591. The minimum Gasteiger partial charge on any atom is -0.486 e. The average Bonchev–Trinajstić information content (AvgIpc) is 2.42. The molecule has 1 N–H and O–H groups in total. The Kier molecular flexibility index (Phi) is 5.49. The zero-order valence-corrected chi connectivity index (χ0v) is 10.0. The van der Waals surface area contributed by atoms with Gasteiger partial charge in [-0.05, 0) is 17.7 Å². The van der Waals surface area contributed by atoms with Crippen molar-refractivity contribution in [3.8, 4) is 17.6 Å². The Morgan fingerprint density at radius 2 is 1.83 bits per heavy atom. The van der Waals surface area contributed by atoms with Crippen molar-refractivity contribution in [2.45, 2.75) is 6.10 Å². The molecule has 0 aliphatic carbocycles. The van der Waals surface area contributed by atoms with Crippen LogP contribution >= 0.6 is 0 Å². The van der Waals surface area contributed by atoms with E-state index in [2.05, 4.69) is 13.2 Å². The van der Waals surface area contributed by atoms with Crippen LogP contribution in [-0.2, 0) is 0 Å². The van der Waals surface area contributed by atoms with E-state index in [-0.39, 0.29) is 0 Å². The van der Waals surface area contributed by atoms with Gasteiger partial charge in [-0.1, -0.05) is 31.4 Å². The highest BCUT2D eigenvalue weighted by molar-refractivity contribution is 5.44. The van der Waals surface area contributed by atoms with Crippen molar-refractivity contribution < 1.29 is 14.6 Å². The first kappa shape index (κ1) is 13.8. The summed E-state index contributed by atoms with van der Waals surface area (Å²) in [5, 5.41) is 18.1. The molecule has 0 aliphatic heterocycles. The highest BCUT2D eigenvalue weighted by Crippen LogP contribution is 2.30. The molecule has 1 atom stereocenters. The van der Waals surface area contributed by atoms with Gasteiger partial charge in [-0.25, -0.2) is 0 Å². The molecule has 94 valence electrons. The van der Waals surface area contributed by atoms with Gasteiger partial charge in [0.05, 0.1) is 6.07 Å². The van der Waals surface area contributed by atoms with E-state index in [1.54, 1.807) is 36.4 Å². The van der Waals surface area contributed by atoms with Gasteiger partial charge < -0.3 is 14.6 Å². The van der Waals surface area contributed by atoms with E-state index in [0.717, 1.165) is 0 Å². The third-order valence-corrected chi connectivity index (χ3v) is 2.12. The number of hydrogen-bond donors (Lipinski definition) is 1. The molecule has 4 heteroatoms. The lowest BCUT2D eigenvalue weighted by atomic mass is 10.1. The van der Waals surface area contributed by atoms with Crippen molar-refractivity contribution in [2.75, 3.05) is 13.2 Å². The summed E-state index contributed by atoms with van der Waals surface area (Å²) in [7, 11) is 0. The molecule has 1 rings (SSSR count). The molecule has 0 spiro atoms. The van der Waals surface area contributed by atoms with Crippen LogP contribution < -0.4 is 9.47 Å². The molecule has 0 fully saturated rings. The van der Waals surface area contributed by atoms with Gasteiger partial charge in [0.2, 0.25) is 0 Å². The molecule has 0 unspecified atom stereocenters. The number of hydrogen-bond acceptors (Lipinski definition) is 4. The molecule has 0 saturated heterocycles. The Labute approximate surface area is 106 Å². The number of nitrogens with zero attached hydrogens (tertiary/aromatic N) is 1. The van der Waals surface area contributed by atoms with Crippen molar-refractivity contribution in [3.63, 3.8) is 0 Å². The Morgan fingerprint density at radius 3 is 2.39 bits per heavy atom. The first-order valence-corrected chi connectivity index (χ1v) is 5.42. The van der Waals surface area contributed by atoms with Crippen LogP contribution in [0.4, 0.5) is 0 Å². The zero-order chi connectivity index (χ0) is 13.4. The van der Waals surface area contributed by atoms with Gasteiger partial charge in [-0.2, -0.15) is 5.26 Å². The standard InChI is InChI=1S/C14H15NO3/c1-3-7-17-13-6-5-11(12(16)10-15)9-14(13)18-8-4-2/h3-6,9,12,16H,1-2,7-8H2/t12-/m0/s1. The van der Waals surface area contributed by atoms with Crippen molar-refractivity contribution in [1.29, 1.82) is 5.26 Å². The summed E-state index contributed by atoms with van der Waals surface area (Å²) in [6, 6.07) is 6.60. The zero-order valence-electron chi connectivity index (χ0n) is 10.0. The summed E-state index contributed by atoms with van der Waals surface area (Å²) >= 11 is 0. The summed E-state index contributed by atoms with van der Waals surface area (Å²) in [6.07, 6.45) is 2.05. The maximum absolute atomic E-state index is 9.45. The van der Waals surface area contributed by atoms with E-state index in [1.165, 1.54) is 0 Å². The summed E-state index contributed by atoms with van der Waals surface area (Å²) in [4.78, 5) is 0. The SMILES string of the molecule is C=CCOc1ccc([C@@H](O)C#N)cc1OCC=C. The van der Waals surface area contributed by atoms with E-state index in [1.807, 2.05) is 0 Å². The summed E-state index contributed by atoms with van der Waals surface area (Å²) in [6.45, 7) is 7.79. The van der Waals surface area contributed by atoms with E-state index in [4.69, 9.17) is 14.7 Å². The smallest absolute Gasteiger partial charge is 0.166 e. The van der Waals surface area contributed by atoms with Crippen LogP contribution in [0.1, 0.15) is 11.7 Å². The average molecular weight is 245 g/mol. The second-order valence-corrected chi connectivity index (χ2v) is 3.44. The van der Waals surface area contributed by atoms with E-state index < -0.39 is 6.10 Å². The topological polar surface area (TPSA) is 62.5 Å². The molecule has 4 nitrogen and oxygen atoms in total. The van der Waals surface area contributed by atoms with Crippen molar-refractivity contribution in [3.05, 3.63) is 49.1 Å². The van der Waals surface area contributed by atoms with E-state index in [9.17, 15) is 5.11 Å². The molecular weight excluding hydrogens is 230 g/mol. The molecule has 1 aromatic carbocycles. The Balaban J connectivity index is 2.99. The largest absolute Gasteiger partial charge is 0.486 e. The van der Waals surface area contributed by atoms with Crippen LogP contribution in [0, 0.1) is 11.3 Å². The lowest BCUT2D eigenvalue weighted by Gasteiger charge is -2.12. The fraction of sp³-hybridized carbons (Fsp3) is 0.214. The predicted molar refractivity (Wildman–Crippen MR) is 68.4 cm³/mol. The first-order chi connectivity index (χ1) is 8.72. The molecule has 0 aliphatic rings. The van der Waals surface area contributed by atoms with Gasteiger partial charge >= 0.3 is 0 Å². The van der Waals surface area contributed by atoms with Crippen molar-refractivity contribution in [1.82, 2.24) is 0 Å². The molecular formula is C14H15NO3. The number of aliphatic hydroxyl groups is 1. The predicted octanol–water partition coefficient (Wildman–Crippen LogP) is 2.37. The normalized spacial score (nSPS) is 11.1. The summed E-state index contributed by atoms with van der Waals surface area (Å²) in [5.41, 5.74) is 0.461. The van der Waals surface area contributed by atoms with Gasteiger partial charge in [0.1, 0.15) is 13.2 Å². The van der Waals surface area contributed by atoms with E-state index >= 15 is 0 Å². The Bertz CT molecular complexity index is 463. The minimum absolute atomic E-state index is 0.316. The Hall–Kier alpha value is -2.25. The molecule has 0 amide bonds. The van der Waals surface area contributed by atoms with Crippen LogP contribution in [0.5, 0.6) is 11.5 Å². The second-order valence-electron chi connectivity index (χ2n) is 3.44. The minimum atomic E-state index is -1.18. The number of ether oxygens (including phenoxy) is 2. The number of nitriles is 1. The van der Waals surface area contributed by atoms with Crippen LogP contribution in [0.25, 0.3) is 0 Å². The molecule has 0 bridgehead atoms. The lowest BCUT2D eigenvalue weighted by molar-refractivity contribution is 0.234. The lowest BCUT2D eigenvalue weighted by Crippen LogP contribution is -2.01. The summed E-state index contributed by atoms with van der Waals surface area (Å²) < 4.78 is 10.8. The fourth-order valence-electron chi connectivity index (χ4n) is 1.30. The second kappa shape index (κ2) is 7.15. The molecule has 0 radical (unpaired) electrons. The number of aliphatic hydroxyl groups excluding tert-OH is 1. The number of rotatable bonds is 7. The van der Waals surface area contributed by atoms with Crippen LogP contribution in [0.3, 0.4) is 0 Å². The summed E-state index contributed by atoms with van der Waals surface area (Å²) in [5.74, 6) is 0.995. The third kappa shape index (κ3) is 3.65. The molecule has 0 saturated carbocycles. The van der Waals surface area contributed by atoms with Crippen molar-refractivity contribution >= 4 is 0 Å². The van der Waals surface area contributed by atoms with Gasteiger partial charge in [0, 0.05) is 0 Å². The van der Waals surface area contributed by atoms with E-state index in [0.29, 0.717) is 30.3 Å². The van der Waals surface area contributed by atoms with Crippen LogP contribution in [-0.4, -0.2) is 18.3 Å². The Morgan fingerprint density at radius 1 is 1.22 bits per heavy atom. The highest BCUT2D eigenvalue weighted by Gasteiger charge is 2.11. The van der Waals surface area contributed by atoms with Gasteiger partial charge in [-0.3, -0.25) is 0 Å². The molecule has 1 aromatic rings. The first-order valence-electron chi connectivity index (χ1n) is 5.42. The number of benzene rings is 1. The molecule has 0 aromatic heterocycles. The van der Waals surface area contributed by atoms with Gasteiger partial charge in [0.25, 0.3) is 0 Å². The van der Waals surface area contributed by atoms with Crippen LogP contribution in [0.2, 0.25) is 0 Å².